The first-order chi connectivity index (χ1) is 15.6. The van der Waals surface area contributed by atoms with Crippen LogP contribution in [0, 0.1) is 24.0 Å². The molecule has 0 atom stereocenters. The molecule has 33 heavy (non-hydrogen) atoms. The molecule has 0 aliphatic carbocycles. The zero-order valence-corrected chi connectivity index (χ0v) is 19.3. The van der Waals surface area contributed by atoms with Crippen molar-refractivity contribution in [3.8, 4) is 0 Å². The van der Waals surface area contributed by atoms with Crippen LogP contribution in [0.2, 0.25) is 0 Å². The fraction of sp³-hybridized carbons (Fsp3) is 0.0909. The van der Waals surface area contributed by atoms with Crippen molar-refractivity contribution in [3.63, 3.8) is 0 Å². The number of thiocarbonyl (C=S) groups is 1. The standard InChI is InChI=1S/C22H20N4O5S2/c1-14-4-3-5-15(2)20(14)25-33(30,31)19-12-8-17(9-13-19)23-22(32)24-21(27)16-6-10-18(11-7-16)26(28)29/h3-13,25H,1-2H3,(H2,23,24,27,32). The summed E-state index contributed by atoms with van der Waals surface area (Å²) in [5, 5.41) is 16.0. The van der Waals surface area contributed by atoms with Crippen LogP contribution < -0.4 is 15.4 Å². The normalized spacial score (nSPS) is 10.8. The van der Waals surface area contributed by atoms with E-state index >= 15 is 0 Å². The number of anilines is 2. The SMILES string of the molecule is Cc1cccc(C)c1NS(=O)(=O)c1ccc(NC(=S)NC(=O)c2ccc([N+](=O)[O-])cc2)cc1. The summed E-state index contributed by atoms with van der Waals surface area (Å²) in [6.07, 6.45) is 0. The molecule has 0 unspecified atom stereocenters. The Bertz CT molecular complexity index is 1300. The Hall–Kier alpha value is -3.83. The Labute approximate surface area is 196 Å². The molecular weight excluding hydrogens is 464 g/mol. The summed E-state index contributed by atoms with van der Waals surface area (Å²) in [6.45, 7) is 3.65. The third-order valence-electron chi connectivity index (χ3n) is 4.71. The Morgan fingerprint density at radius 2 is 1.52 bits per heavy atom. The van der Waals surface area contributed by atoms with Gasteiger partial charge in [-0.05, 0) is 73.6 Å². The monoisotopic (exact) mass is 484 g/mol. The molecule has 11 heteroatoms. The highest BCUT2D eigenvalue weighted by Crippen LogP contribution is 2.24. The van der Waals surface area contributed by atoms with Gasteiger partial charge in [0.2, 0.25) is 0 Å². The third-order valence-corrected chi connectivity index (χ3v) is 6.28. The molecule has 0 aliphatic heterocycles. The topological polar surface area (TPSA) is 130 Å². The number of carbonyl (C=O) groups excluding carboxylic acids is 1. The minimum absolute atomic E-state index is 0.0115. The quantitative estimate of drug-likeness (QED) is 0.272. The number of benzene rings is 3. The minimum Gasteiger partial charge on any atom is -0.332 e. The molecule has 3 N–H and O–H groups in total. The van der Waals surface area contributed by atoms with E-state index in [9.17, 15) is 23.3 Å². The van der Waals surface area contributed by atoms with Gasteiger partial charge in [-0.3, -0.25) is 24.9 Å². The largest absolute Gasteiger partial charge is 0.332 e. The number of carbonyl (C=O) groups is 1. The van der Waals surface area contributed by atoms with E-state index in [1.54, 1.807) is 0 Å². The van der Waals surface area contributed by atoms with Crippen molar-refractivity contribution >= 4 is 50.3 Å². The maximum atomic E-state index is 12.8. The number of para-hydroxylation sites is 1. The summed E-state index contributed by atoms with van der Waals surface area (Å²) in [6, 6.07) is 16.4. The number of nitrogens with one attached hydrogen (secondary N) is 3. The number of nitro benzene ring substituents is 1. The van der Waals surface area contributed by atoms with Gasteiger partial charge in [0.25, 0.3) is 21.6 Å². The van der Waals surface area contributed by atoms with Crippen LogP contribution in [-0.4, -0.2) is 24.4 Å². The Kier molecular flexibility index (Phi) is 7.04. The van der Waals surface area contributed by atoms with Gasteiger partial charge in [0.15, 0.2) is 5.11 Å². The van der Waals surface area contributed by atoms with E-state index in [1.165, 1.54) is 48.5 Å². The summed E-state index contributed by atoms with van der Waals surface area (Å²) >= 11 is 5.12. The van der Waals surface area contributed by atoms with E-state index in [-0.39, 0.29) is 21.3 Å². The van der Waals surface area contributed by atoms with Gasteiger partial charge in [-0.15, -0.1) is 0 Å². The fourth-order valence-electron chi connectivity index (χ4n) is 2.96. The molecule has 0 aromatic heterocycles. The van der Waals surface area contributed by atoms with E-state index in [1.807, 2.05) is 32.0 Å². The number of hydrogen-bond donors (Lipinski definition) is 3. The van der Waals surface area contributed by atoms with Gasteiger partial charge in [0.1, 0.15) is 0 Å². The van der Waals surface area contributed by atoms with Gasteiger partial charge in [-0.25, -0.2) is 8.42 Å². The molecule has 0 saturated heterocycles. The molecule has 0 bridgehead atoms. The van der Waals surface area contributed by atoms with Gasteiger partial charge in [0.05, 0.1) is 15.5 Å². The van der Waals surface area contributed by atoms with Gasteiger partial charge in [-0.2, -0.15) is 0 Å². The van der Waals surface area contributed by atoms with Crippen molar-refractivity contribution in [2.24, 2.45) is 0 Å². The van der Waals surface area contributed by atoms with E-state index in [0.29, 0.717) is 11.4 Å². The van der Waals surface area contributed by atoms with Crippen molar-refractivity contribution in [2.45, 2.75) is 18.7 Å². The van der Waals surface area contributed by atoms with E-state index in [0.717, 1.165) is 11.1 Å². The lowest BCUT2D eigenvalue weighted by molar-refractivity contribution is -0.384. The number of nitrogens with zero attached hydrogens (tertiary/aromatic N) is 1. The molecule has 0 saturated carbocycles. The number of amides is 1. The van der Waals surface area contributed by atoms with Crippen molar-refractivity contribution in [2.75, 3.05) is 10.0 Å². The van der Waals surface area contributed by atoms with Crippen molar-refractivity contribution in [3.05, 3.63) is 93.5 Å². The van der Waals surface area contributed by atoms with Crippen molar-refractivity contribution < 1.29 is 18.1 Å². The van der Waals surface area contributed by atoms with Crippen molar-refractivity contribution in [1.82, 2.24) is 5.32 Å². The predicted octanol–water partition coefficient (Wildman–Crippen LogP) is 4.14. The average Bonchev–Trinajstić information content (AvgIpc) is 2.76. The van der Waals surface area contributed by atoms with E-state index in [2.05, 4.69) is 15.4 Å². The molecule has 3 aromatic carbocycles. The number of nitro groups is 1. The lowest BCUT2D eigenvalue weighted by atomic mass is 10.1. The summed E-state index contributed by atoms with van der Waals surface area (Å²) < 4.78 is 28.1. The maximum Gasteiger partial charge on any atom is 0.269 e. The number of non-ortho nitro benzene ring substituents is 1. The first-order valence-electron chi connectivity index (χ1n) is 9.63. The Morgan fingerprint density at radius 3 is 2.06 bits per heavy atom. The molecule has 0 heterocycles. The predicted molar refractivity (Wildman–Crippen MR) is 130 cm³/mol. The first-order valence-corrected chi connectivity index (χ1v) is 11.5. The molecule has 0 aliphatic rings. The second kappa shape index (κ2) is 9.76. The molecule has 170 valence electrons. The maximum absolute atomic E-state index is 12.8. The van der Waals surface area contributed by atoms with E-state index in [4.69, 9.17) is 12.2 Å². The van der Waals surface area contributed by atoms with E-state index < -0.39 is 20.9 Å². The summed E-state index contributed by atoms with van der Waals surface area (Å²) in [4.78, 5) is 22.5. The molecule has 3 rings (SSSR count). The smallest absolute Gasteiger partial charge is 0.269 e. The number of rotatable bonds is 6. The summed E-state index contributed by atoms with van der Waals surface area (Å²) in [7, 11) is -3.80. The average molecular weight is 485 g/mol. The Morgan fingerprint density at radius 1 is 0.939 bits per heavy atom. The molecule has 0 spiro atoms. The van der Waals surface area contributed by atoms with Gasteiger partial charge in [-0.1, -0.05) is 18.2 Å². The molecule has 3 aromatic rings. The highest BCUT2D eigenvalue weighted by Gasteiger charge is 2.17. The van der Waals surface area contributed by atoms with Gasteiger partial charge in [0, 0.05) is 23.4 Å². The van der Waals surface area contributed by atoms with Crippen LogP contribution in [0.25, 0.3) is 0 Å². The van der Waals surface area contributed by atoms with Crippen LogP contribution in [-0.2, 0) is 10.0 Å². The van der Waals surface area contributed by atoms with Crippen molar-refractivity contribution in [1.29, 1.82) is 0 Å². The lowest BCUT2D eigenvalue weighted by Gasteiger charge is -2.14. The Balaban J connectivity index is 1.64. The number of hydrogen-bond acceptors (Lipinski definition) is 6. The van der Waals surface area contributed by atoms with Gasteiger partial charge >= 0.3 is 0 Å². The summed E-state index contributed by atoms with van der Waals surface area (Å²) in [5.41, 5.74) is 2.69. The zero-order valence-electron chi connectivity index (χ0n) is 17.7. The molecular formula is C22H20N4O5S2. The minimum atomic E-state index is -3.80. The van der Waals surface area contributed by atoms with Crippen LogP contribution in [0.5, 0.6) is 0 Å². The third kappa shape index (κ3) is 5.90. The molecule has 9 nitrogen and oxygen atoms in total. The lowest BCUT2D eigenvalue weighted by Crippen LogP contribution is -2.34. The highest BCUT2D eigenvalue weighted by atomic mass is 32.2. The van der Waals surface area contributed by atoms with Crippen LogP contribution in [0.1, 0.15) is 21.5 Å². The van der Waals surface area contributed by atoms with Crippen LogP contribution in [0.3, 0.4) is 0 Å². The zero-order chi connectivity index (χ0) is 24.2. The molecule has 0 radical (unpaired) electrons. The summed E-state index contributed by atoms with van der Waals surface area (Å²) in [5.74, 6) is -0.542. The molecule has 0 fully saturated rings. The first kappa shape index (κ1) is 23.8. The molecule has 1 amide bonds. The highest BCUT2D eigenvalue weighted by molar-refractivity contribution is 7.92. The number of sulfonamides is 1. The van der Waals surface area contributed by atoms with Gasteiger partial charge < -0.3 is 5.32 Å². The second-order valence-corrected chi connectivity index (χ2v) is 9.20. The number of aryl methyl sites for hydroxylation is 2. The second-order valence-electron chi connectivity index (χ2n) is 7.11. The fourth-order valence-corrected chi connectivity index (χ4v) is 4.37. The van der Waals surface area contributed by atoms with Crippen LogP contribution in [0.4, 0.5) is 17.1 Å². The van der Waals surface area contributed by atoms with Crippen LogP contribution in [0.15, 0.2) is 71.6 Å². The van der Waals surface area contributed by atoms with Crippen LogP contribution >= 0.6 is 12.2 Å².